The first-order valence-corrected chi connectivity index (χ1v) is 61.3. The molecule has 129 heavy (non-hydrogen) atoms. The minimum atomic E-state index is -2.06. The molecule has 8 rings (SSSR count). The van der Waals surface area contributed by atoms with Crippen LogP contribution in [0.2, 0.25) is 87.6 Å². The molecule has 2 heterocycles. The van der Waals surface area contributed by atoms with Gasteiger partial charge in [-0.2, -0.15) is 0 Å². The van der Waals surface area contributed by atoms with Crippen molar-refractivity contribution in [2.45, 2.75) is 299 Å². The molecule has 0 aromatic heterocycles. The second-order valence-corrected chi connectivity index (χ2v) is 63.4. The summed E-state index contributed by atoms with van der Waals surface area (Å²) in [4.78, 5) is 65.5. The largest absolute Gasteiger partial charge is 0.467 e. The molecule has 2 saturated heterocycles. The number of nitrogens with two attached hydrogens (primary N) is 2. The highest BCUT2D eigenvalue weighted by Crippen LogP contribution is 2.51. The van der Waals surface area contributed by atoms with E-state index in [1.807, 2.05) is 151 Å². The Bertz CT molecular complexity index is 4620. The predicted molar refractivity (Wildman–Crippen MR) is 544 cm³/mol. The van der Waals surface area contributed by atoms with E-state index >= 15 is 0 Å². The third kappa shape index (κ3) is 35.5. The minimum absolute atomic E-state index is 0.00577. The number of benzene rings is 6. The summed E-state index contributed by atoms with van der Waals surface area (Å²) in [5.41, 5.74) is 17.4. The van der Waals surface area contributed by atoms with Crippen molar-refractivity contribution in [2.75, 3.05) is 45.4 Å². The molecular formula is C100H149IN4O18S2Si4. The van der Waals surface area contributed by atoms with Gasteiger partial charge in [-0.3, -0.25) is 0 Å². The van der Waals surface area contributed by atoms with Gasteiger partial charge in [-0.15, -0.1) is 23.5 Å². The Morgan fingerprint density at radius 1 is 0.519 bits per heavy atom. The molecule has 2 fully saturated rings. The van der Waals surface area contributed by atoms with Gasteiger partial charge in [0.15, 0.2) is 41.8 Å². The van der Waals surface area contributed by atoms with E-state index < -0.39 is 91.9 Å². The molecule has 0 spiro atoms. The van der Waals surface area contributed by atoms with Gasteiger partial charge in [0.2, 0.25) is 0 Å². The molecule has 0 amide bonds. The van der Waals surface area contributed by atoms with Gasteiger partial charge in [0, 0.05) is 78.9 Å². The van der Waals surface area contributed by atoms with Gasteiger partial charge in [-0.25, -0.2) is 29.2 Å². The zero-order chi connectivity index (χ0) is 96.0. The van der Waals surface area contributed by atoms with Crippen LogP contribution in [-0.4, -0.2) is 175 Å². The van der Waals surface area contributed by atoms with Gasteiger partial charge in [-0.1, -0.05) is 202 Å². The standard InChI is InChI=1S/C50H74N2O9SSi2.C27H43IO5Si.C23H32N2O4SSi/c1-34(36(3)61-64(13,14)49(4,5)6)25-26-39(58-47(53)37-21-17-15-18-22-37)46-40(59-50(7,8)60-46)27-28-42(62-38-23-19-16-20-24-38)44-43(48(54)56-29-30-63(10,11)12)41(57-33-55-9)31-35(2)45(44)52-32-51;1-19(20(2)33-34(8,9)26(3,4)5)15-16-22(30-25(29)21-13-11-10-12-14-21)24-23(17-18-28)31-27(6,7)32-24;1-17-13-20(29-16-27-2)21(23(26)28-11-12-31(3,4)5)19(22(17)25-15-24)14-30-18-9-7-6-8-10-18/h15-26,31-32,34,36,39-40,42,46H,27-30,33H2,1-14H3,(H2,51,52);10-16,19-20,22-24H,17-18H2,1-9H3;6-10,13,15H,11-12,14,16H2,1-5H3,(H2,24,25)/b26-25-;16-15-;/t34-,36+,39?,40+,42?,46-;19-,20+,22?,23+,24-;/m11./s1. The van der Waals surface area contributed by atoms with Gasteiger partial charge in [0.25, 0.3) is 0 Å². The monoisotopic (exact) mass is 2000 g/mol. The Balaban J connectivity index is 0.000000330. The van der Waals surface area contributed by atoms with E-state index in [9.17, 15) is 19.2 Å². The van der Waals surface area contributed by atoms with Crippen molar-refractivity contribution in [2.24, 2.45) is 33.3 Å². The Morgan fingerprint density at radius 2 is 0.899 bits per heavy atom. The van der Waals surface area contributed by atoms with Crippen molar-refractivity contribution in [3.05, 3.63) is 202 Å². The van der Waals surface area contributed by atoms with Crippen LogP contribution in [0.4, 0.5) is 11.4 Å². The Hall–Kier alpha value is -6.80. The Labute approximate surface area is 797 Å². The number of aliphatic imine (C=N–C) groups is 2. The van der Waals surface area contributed by atoms with Crippen molar-refractivity contribution >= 4 is 127 Å². The first-order chi connectivity index (χ1) is 60.4. The second kappa shape index (κ2) is 51.1. The zero-order valence-electron chi connectivity index (χ0n) is 81.9. The number of thioether (sulfide) groups is 2. The van der Waals surface area contributed by atoms with Crippen LogP contribution in [0, 0.1) is 25.7 Å². The third-order valence-corrected chi connectivity index (χ3v) is 38.7. The molecule has 4 N–H and O–H groups in total. The lowest BCUT2D eigenvalue weighted by Gasteiger charge is -2.39. The van der Waals surface area contributed by atoms with Crippen molar-refractivity contribution in [1.82, 2.24) is 0 Å². The van der Waals surface area contributed by atoms with Gasteiger partial charge in [0.05, 0.1) is 60.6 Å². The van der Waals surface area contributed by atoms with Crippen molar-refractivity contribution in [3.63, 3.8) is 0 Å². The van der Waals surface area contributed by atoms with E-state index in [4.69, 9.17) is 77.2 Å². The molecule has 29 heteroatoms. The predicted octanol–water partition coefficient (Wildman–Crippen LogP) is 24.6. The molecule has 2 aliphatic rings. The topological polar surface area (TPSA) is 274 Å². The Kier molecular flexibility index (Phi) is 43.9. The van der Waals surface area contributed by atoms with E-state index in [1.165, 1.54) is 26.9 Å². The smallest absolute Gasteiger partial charge is 0.342 e. The summed E-state index contributed by atoms with van der Waals surface area (Å²) in [6.07, 6.45) is 9.12. The average Bonchev–Trinajstić information content (AvgIpc) is 1.10. The van der Waals surface area contributed by atoms with Gasteiger partial charge in [-0.05, 0) is 219 Å². The van der Waals surface area contributed by atoms with Crippen molar-refractivity contribution < 1.29 is 84.9 Å². The Morgan fingerprint density at radius 3 is 1.29 bits per heavy atom. The normalized spacial score (nSPS) is 18.3. The molecule has 3 unspecified atom stereocenters. The lowest BCUT2D eigenvalue weighted by Crippen LogP contribution is -2.44. The summed E-state index contributed by atoms with van der Waals surface area (Å²) in [6, 6.07) is 43.3. The van der Waals surface area contributed by atoms with E-state index in [2.05, 4.69) is 179 Å². The van der Waals surface area contributed by atoms with Crippen LogP contribution >= 0.6 is 46.1 Å². The molecule has 2 aliphatic heterocycles. The highest BCUT2D eigenvalue weighted by Gasteiger charge is 2.49. The number of carbonyl (C=O) groups is 4. The van der Waals surface area contributed by atoms with Crippen LogP contribution in [0.15, 0.2) is 178 Å². The molecule has 22 nitrogen and oxygen atoms in total. The molecule has 712 valence electrons. The summed E-state index contributed by atoms with van der Waals surface area (Å²) >= 11 is 5.55. The van der Waals surface area contributed by atoms with E-state index in [1.54, 1.807) is 59.9 Å². The summed E-state index contributed by atoms with van der Waals surface area (Å²) in [6.45, 7) is 56.4. The summed E-state index contributed by atoms with van der Waals surface area (Å²) in [5.74, 6) is -2.07. The van der Waals surface area contributed by atoms with Crippen LogP contribution in [0.3, 0.4) is 0 Å². The number of carbonyl (C=O) groups excluding carboxylic acids is 4. The van der Waals surface area contributed by atoms with Crippen LogP contribution in [0.5, 0.6) is 11.5 Å². The lowest BCUT2D eigenvalue weighted by molar-refractivity contribution is -0.153. The molecule has 6 aromatic carbocycles. The fourth-order valence-electron chi connectivity index (χ4n) is 13.6. The molecule has 0 radical (unpaired) electrons. The van der Waals surface area contributed by atoms with Crippen LogP contribution in [-0.2, 0) is 62.0 Å². The summed E-state index contributed by atoms with van der Waals surface area (Å²) in [5, 5.41) is -0.203. The number of ether oxygens (including phenoxy) is 12. The number of hydrogen-bond acceptors (Lipinski definition) is 22. The van der Waals surface area contributed by atoms with E-state index in [0.717, 1.165) is 49.4 Å². The third-order valence-electron chi connectivity index (χ3n) is 23.1. The summed E-state index contributed by atoms with van der Waals surface area (Å²) < 4.78 is 86.5. The highest BCUT2D eigenvalue weighted by atomic mass is 127. The number of aryl methyl sites for hydroxylation is 2. The fraction of sp³-hybridized carbons (Fsp3) is 0.540. The maximum Gasteiger partial charge on any atom is 0.342 e. The van der Waals surface area contributed by atoms with Crippen LogP contribution in [0.25, 0.3) is 0 Å². The maximum atomic E-state index is 14.4. The van der Waals surface area contributed by atoms with Crippen molar-refractivity contribution in [1.29, 1.82) is 0 Å². The molecule has 11 atom stereocenters. The van der Waals surface area contributed by atoms with Gasteiger partial charge >= 0.3 is 23.9 Å². The number of halogens is 1. The molecule has 0 saturated carbocycles. The zero-order valence-corrected chi connectivity index (χ0v) is 89.7. The average molecular weight is 2000 g/mol. The van der Waals surface area contributed by atoms with Gasteiger partial charge < -0.3 is 77.2 Å². The number of rotatable bonds is 43. The summed E-state index contributed by atoms with van der Waals surface area (Å²) in [7, 11) is -3.75. The second-order valence-electron chi connectivity index (χ2n) is 39.3. The molecular weight excluding hydrogens is 1850 g/mol. The van der Waals surface area contributed by atoms with Crippen molar-refractivity contribution in [3.8, 4) is 11.5 Å². The quantitative estimate of drug-likeness (QED) is 0.00344. The number of esters is 4. The first-order valence-electron chi connectivity index (χ1n) is 44.7. The lowest BCUT2D eigenvalue weighted by atomic mass is 9.93. The maximum absolute atomic E-state index is 14.4. The fourth-order valence-corrected chi connectivity index (χ4v) is 20.9. The SMILES string of the molecule is COCOc1cc(C)c(N=CN)c(C(CC[C@@H]2OC(C)(C)O[C@@H]2C(/C=C\[C@@H](C)[C@H](C)O[Si](C)(C)C(C)(C)C)OC(=O)c2ccccc2)Sc2ccccc2)c1C(=O)OCC[Si](C)(C)C.COCOc1cc(C)c(N=CN)c(CSc2ccccc2)c1C(=O)OCC[Si](C)(C)C.C[C@H](/C=C\C(OC(=O)c1ccccc1)[C@H]1OC(C)(C)O[C@H]1CCI)[C@H](C)O[Si](C)(C)C(C)(C)C. The number of hydrogen-bond donors (Lipinski definition) is 2. The van der Waals surface area contributed by atoms with E-state index in [-0.39, 0.29) is 78.1 Å². The number of methoxy groups -OCH3 is 2. The minimum Gasteiger partial charge on any atom is -0.467 e. The molecule has 0 bridgehead atoms. The highest BCUT2D eigenvalue weighted by molar-refractivity contribution is 14.1. The molecule has 0 aliphatic carbocycles. The molecule has 6 aromatic rings. The van der Waals surface area contributed by atoms with Crippen LogP contribution < -0.4 is 20.9 Å². The number of nitrogens with zero attached hydrogens (tertiary/aromatic N) is 2. The van der Waals surface area contributed by atoms with E-state index in [0.29, 0.717) is 70.3 Å². The van der Waals surface area contributed by atoms with Gasteiger partial charge in [0.1, 0.15) is 47.0 Å². The first kappa shape index (κ1) is 111. The number of alkyl halides is 1. The van der Waals surface area contributed by atoms with Crippen LogP contribution in [0.1, 0.15) is 185 Å².